The van der Waals surface area contributed by atoms with Crippen molar-refractivity contribution in [3.8, 4) is 0 Å². The van der Waals surface area contributed by atoms with Crippen LogP contribution >= 0.6 is 0 Å². The lowest BCUT2D eigenvalue weighted by Crippen LogP contribution is -1.85. The van der Waals surface area contributed by atoms with Crippen molar-refractivity contribution in [3.63, 3.8) is 0 Å². The van der Waals surface area contributed by atoms with E-state index >= 15 is 0 Å². The van der Waals surface area contributed by atoms with Gasteiger partial charge in [0.25, 0.3) is 0 Å². The number of hydrogen-bond donors (Lipinski definition) is 0. The van der Waals surface area contributed by atoms with Crippen LogP contribution in [0.5, 0.6) is 0 Å². The Morgan fingerprint density at radius 3 is 0.529 bits per heavy atom. The van der Waals surface area contributed by atoms with E-state index in [0.717, 1.165) is 0 Å². The summed E-state index contributed by atoms with van der Waals surface area (Å²) in [5.74, 6) is 0. The molecule has 0 rings (SSSR count). The topological polar surface area (TPSA) is 0 Å². The largest absolute Gasteiger partial charge is 0.0658 e. The van der Waals surface area contributed by atoms with E-state index in [9.17, 15) is 0 Å². The van der Waals surface area contributed by atoms with Gasteiger partial charge in [0, 0.05) is 10.2 Å². The number of rotatable bonds is 31. The molecule has 0 bridgehead atoms. The lowest BCUT2D eigenvalue weighted by molar-refractivity contribution is 0.513. The summed E-state index contributed by atoms with van der Waals surface area (Å²) in [6.07, 6.45) is 46.2. The van der Waals surface area contributed by atoms with Crippen molar-refractivity contribution in [2.45, 2.75) is 212 Å². The third-order valence-electron chi connectivity index (χ3n) is 7.96. The molecule has 0 unspecified atom stereocenters. The van der Waals surface area contributed by atoms with E-state index < -0.39 is 0 Å². The summed E-state index contributed by atoms with van der Waals surface area (Å²) in [7, 11) is 1.41. The maximum atomic E-state index is 2.31. The highest BCUT2D eigenvalue weighted by Crippen LogP contribution is 2.16. The molecule has 0 saturated carbocycles. The third-order valence-corrected chi connectivity index (χ3v) is 8.66. The Morgan fingerprint density at radius 2 is 0.382 bits per heavy atom. The average molecular weight is 495 g/mol. The van der Waals surface area contributed by atoms with Gasteiger partial charge < -0.3 is 0 Å². The fraction of sp³-hybridized carbons (Fsp3) is 1.00. The first-order valence-corrected chi connectivity index (χ1v) is 18.3. The van der Waals surface area contributed by atoms with Crippen molar-refractivity contribution in [2.75, 3.05) is 0 Å². The highest BCUT2D eigenvalue weighted by molar-refractivity contribution is 6.08. The molecule has 0 aliphatic rings. The highest BCUT2D eigenvalue weighted by Gasteiger charge is 1.97. The molecule has 0 heterocycles. The van der Waals surface area contributed by atoms with Crippen molar-refractivity contribution >= 4 is 10.2 Å². The fourth-order valence-corrected chi connectivity index (χ4v) is 5.95. The first-order valence-electron chi connectivity index (χ1n) is 16.9. The molecule has 0 atom stereocenters. The second-order valence-electron chi connectivity index (χ2n) is 11.6. The highest BCUT2D eigenvalue weighted by atomic mass is 28.1. The molecule has 0 aromatic carbocycles. The molecule has 0 radical (unpaired) electrons. The Morgan fingerprint density at radius 1 is 0.235 bits per heavy atom. The van der Waals surface area contributed by atoms with Crippen molar-refractivity contribution < 1.29 is 0 Å². The van der Waals surface area contributed by atoms with E-state index in [-0.39, 0.29) is 0 Å². The quantitative estimate of drug-likeness (QED) is 0.0663. The Hall–Kier alpha value is 0.217. The van der Waals surface area contributed by atoms with Crippen LogP contribution in [-0.2, 0) is 0 Å². The maximum Gasteiger partial charge on any atom is 0.00279 e. The minimum Gasteiger partial charge on any atom is -0.0658 e. The summed E-state index contributed by atoms with van der Waals surface area (Å²) in [5, 5.41) is 0. The summed E-state index contributed by atoms with van der Waals surface area (Å²) in [5.41, 5.74) is 0. The van der Waals surface area contributed by atoms with Crippen LogP contribution in [0.4, 0.5) is 0 Å². The van der Waals surface area contributed by atoms with Crippen LogP contribution in [-0.4, -0.2) is 10.2 Å². The molecule has 34 heavy (non-hydrogen) atoms. The van der Waals surface area contributed by atoms with Crippen LogP contribution in [0.3, 0.4) is 0 Å². The Kier molecular flexibility index (Phi) is 33.4. The molecule has 0 aliphatic carbocycles. The Bertz CT molecular complexity index is 295. The van der Waals surface area contributed by atoms with Crippen molar-refractivity contribution in [1.29, 1.82) is 0 Å². The molecule has 0 fully saturated rings. The van der Waals surface area contributed by atoms with Gasteiger partial charge in [0.15, 0.2) is 0 Å². The fourth-order valence-electron chi connectivity index (χ4n) is 5.45. The molecule has 0 amide bonds. The van der Waals surface area contributed by atoms with Gasteiger partial charge in [-0.05, 0) is 0 Å². The average Bonchev–Trinajstić information content (AvgIpc) is 2.85. The van der Waals surface area contributed by atoms with Crippen LogP contribution < -0.4 is 0 Å². The van der Waals surface area contributed by atoms with Gasteiger partial charge in [0.2, 0.25) is 0 Å². The minimum absolute atomic E-state index is 1.38. The first kappa shape index (κ1) is 34.2. The predicted octanol–water partition coefficient (Wildman–Crippen LogP) is 11.9. The van der Waals surface area contributed by atoms with E-state index in [0.29, 0.717) is 0 Å². The molecular formula is C33H70Si. The van der Waals surface area contributed by atoms with Crippen molar-refractivity contribution in [3.05, 3.63) is 0 Å². The standard InChI is InChI=1S/C33H70Si/c1-2-3-4-5-6-7-8-9-10-11-12-13-14-15-16-17-18-19-20-21-22-23-24-25-26-27-28-29-30-31-32-33-34/h2-33H2,1,34H3. The van der Waals surface area contributed by atoms with Gasteiger partial charge in [-0.2, -0.15) is 0 Å². The van der Waals surface area contributed by atoms with E-state index in [1.165, 1.54) is 215 Å². The van der Waals surface area contributed by atoms with E-state index in [1.54, 1.807) is 0 Å². The van der Waals surface area contributed by atoms with Gasteiger partial charge in [0.1, 0.15) is 0 Å². The Balaban J connectivity index is 2.99. The van der Waals surface area contributed by atoms with Crippen molar-refractivity contribution in [1.82, 2.24) is 0 Å². The summed E-state index contributed by atoms with van der Waals surface area (Å²) >= 11 is 0. The van der Waals surface area contributed by atoms with Gasteiger partial charge in [-0.15, -0.1) is 0 Å². The van der Waals surface area contributed by atoms with E-state index in [1.807, 2.05) is 0 Å². The van der Waals surface area contributed by atoms with Crippen LogP contribution in [0, 0.1) is 0 Å². The molecule has 206 valence electrons. The number of unbranched alkanes of at least 4 members (excludes halogenated alkanes) is 30. The monoisotopic (exact) mass is 495 g/mol. The summed E-state index contributed by atoms with van der Waals surface area (Å²) < 4.78 is 0. The smallest absolute Gasteiger partial charge is 0.00279 e. The van der Waals surface area contributed by atoms with Gasteiger partial charge in [0.05, 0.1) is 0 Å². The molecule has 0 aromatic rings. The zero-order valence-corrected chi connectivity index (χ0v) is 26.6. The Labute approximate surface area is 222 Å². The summed E-state index contributed by atoms with van der Waals surface area (Å²) in [6.45, 7) is 2.31. The second kappa shape index (κ2) is 33.2. The van der Waals surface area contributed by atoms with Crippen LogP contribution in [0.15, 0.2) is 0 Å². The maximum absolute atomic E-state index is 2.31. The molecule has 0 spiro atoms. The summed E-state index contributed by atoms with van der Waals surface area (Å²) in [6, 6.07) is 1.51. The van der Waals surface area contributed by atoms with Crippen molar-refractivity contribution in [2.24, 2.45) is 0 Å². The van der Waals surface area contributed by atoms with Gasteiger partial charge >= 0.3 is 0 Å². The zero-order valence-electron chi connectivity index (χ0n) is 24.6. The zero-order chi connectivity index (χ0) is 24.6. The molecule has 0 aliphatic heterocycles. The predicted molar refractivity (Wildman–Crippen MR) is 164 cm³/mol. The van der Waals surface area contributed by atoms with Crippen LogP contribution in [0.1, 0.15) is 206 Å². The lowest BCUT2D eigenvalue weighted by Gasteiger charge is -2.04. The normalized spacial score (nSPS) is 11.6. The molecule has 0 nitrogen and oxygen atoms in total. The van der Waals surface area contributed by atoms with Gasteiger partial charge in [-0.25, -0.2) is 0 Å². The van der Waals surface area contributed by atoms with Gasteiger partial charge in [-0.3, -0.25) is 0 Å². The van der Waals surface area contributed by atoms with Crippen LogP contribution in [0.25, 0.3) is 0 Å². The molecule has 0 saturated heterocycles. The number of hydrogen-bond acceptors (Lipinski definition) is 0. The molecule has 0 aromatic heterocycles. The van der Waals surface area contributed by atoms with E-state index in [4.69, 9.17) is 0 Å². The molecular weight excluding hydrogens is 424 g/mol. The SMILES string of the molecule is CCCCCCCCCCCCCCCCCCCCCCCCCCCCCCCCC[SiH3]. The second-order valence-corrected chi connectivity index (χ2v) is 12.6. The lowest BCUT2D eigenvalue weighted by atomic mass is 10.0. The summed E-state index contributed by atoms with van der Waals surface area (Å²) in [4.78, 5) is 0. The van der Waals surface area contributed by atoms with Gasteiger partial charge in [-0.1, -0.05) is 212 Å². The molecule has 1 heteroatoms. The van der Waals surface area contributed by atoms with E-state index in [2.05, 4.69) is 6.92 Å². The first-order chi connectivity index (χ1) is 16.9. The molecule has 0 N–H and O–H groups in total. The third kappa shape index (κ3) is 32.2. The minimum atomic E-state index is 1.38. The van der Waals surface area contributed by atoms with Crippen LogP contribution in [0.2, 0.25) is 6.04 Å².